The molecule has 0 spiro atoms. The molecular formula is C27H22ClN5O4S. The molecule has 9 nitrogen and oxygen atoms in total. The lowest BCUT2D eigenvalue weighted by atomic mass is 10.1. The highest BCUT2D eigenvalue weighted by molar-refractivity contribution is 7.92. The van der Waals surface area contributed by atoms with Crippen LogP contribution >= 0.6 is 11.6 Å². The van der Waals surface area contributed by atoms with E-state index in [1.54, 1.807) is 18.3 Å². The summed E-state index contributed by atoms with van der Waals surface area (Å²) in [5.41, 5.74) is 5.59. The molecule has 0 atom stereocenters. The van der Waals surface area contributed by atoms with Gasteiger partial charge in [-0.15, -0.1) is 0 Å². The molecule has 1 aromatic heterocycles. The van der Waals surface area contributed by atoms with Crippen LogP contribution in [0.3, 0.4) is 0 Å². The van der Waals surface area contributed by atoms with Crippen LogP contribution in [-0.2, 0) is 16.6 Å². The van der Waals surface area contributed by atoms with Crippen LogP contribution in [0.1, 0.15) is 12.5 Å². The number of anilines is 2. The highest BCUT2D eigenvalue weighted by Gasteiger charge is 2.22. The average molecular weight is 548 g/mol. The van der Waals surface area contributed by atoms with E-state index < -0.39 is 20.6 Å². The minimum atomic E-state index is -4.09. The van der Waals surface area contributed by atoms with Gasteiger partial charge in [0.1, 0.15) is 5.69 Å². The minimum Gasteiger partial charge on any atom is -0.341 e. The van der Waals surface area contributed by atoms with Gasteiger partial charge in [-0.3, -0.25) is 20.3 Å². The van der Waals surface area contributed by atoms with E-state index in [-0.39, 0.29) is 16.3 Å². The Morgan fingerprint density at radius 1 is 0.974 bits per heavy atom. The number of halogens is 1. The Balaban J connectivity index is 1.40. The molecule has 0 aliphatic rings. The molecule has 0 bridgehead atoms. The highest BCUT2D eigenvalue weighted by atomic mass is 35.5. The van der Waals surface area contributed by atoms with Crippen LogP contribution < -0.4 is 10.1 Å². The van der Waals surface area contributed by atoms with Crippen molar-refractivity contribution in [2.75, 3.05) is 10.1 Å². The Bertz CT molecular complexity index is 1830. The van der Waals surface area contributed by atoms with Crippen molar-refractivity contribution in [1.82, 2.24) is 4.57 Å². The van der Waals surface area contributed by atoms with Crippen molar-refractivity contribution in [3.63, 3.8) is 0 Å². The van der Waals surface area contributed by atoms with E-state index in [0.29, 0.717) is 5.02 Å². The van der Waals surface area contributed by atoms with E-state index in [4.69, 9.17) is 11.6 Å². The van der Waals surface area contributed by atoms with Crippen molar-refractivity contribution in [1.29, 1.82) is 0 Å². The second-order valence-corrected chi connectivity index (χ2v) is 10.6. The predicted octanol–water partition coefficient (Wildman–Crippen LogP) is 6.62. The first-order valence-corrected chi connectivity index (χ1v) is 13.5. The van der Waals surface area contributed by atoms with Crippen LogP contribution in [0.25, 0.3) is 21.8 Å². The lowest BCUT2D eigenvalue weighted by Crippen LogP contribution is -2.13. The van der Waals surface area contributed by atoms with Gasteiger partial charge < -0.3 is 4.57 Å². The maximum atomic E-state index is 12.8. The Labute approximate surface area is 223 Å². The molecule has 0 aliphatic carbocycles. The molecule has 0 saturated heterocycles. The van der Waals surface area contributed by atoms with Crippen molar-refractivity contribution in [3.8, 4) is 0 Å². The van der Waals surface area contributed by atoms with Crippen molar-refractivity contribution in [2.45, 2.75) is 18.4 Å². The van der Waals surface area contributed by atoms with Gasteiger partial charge >= 0.3 is 0 Å². The summed E-state index contributed by atoms with van der Waals surface area (Å²) < 4.78 is 30.2. The number of nitro groups is 1. The number of rotatable bonds is 8. The fourth-order valence-corrected chi connectivity index (χ4v) is 5.62. The average Bonchev–Trinajstić information content (AvgIpc) is 3.21. The standard InChI is InChI=1S/C27H22ClN5O4S/c1-2-32-25-9-4-3-8-22(25)23-14-18(10-13-26(23)32)17-29-30-24-12-11-21(16-27(24)33(34)35)38(36,37)31-20-7-5-6-19(28)15-20/h3-17,30-31H,2H2,1H3/b29-17+. The molecule has 4 aromatic carbocycles. The minimum absolute atomic E-state index is 0.0524. The van der Waals surface area contributed by atoms with Crippen LogP contribution in [0.4, 0.5) is 17.1 Å². The largest absolute Gasteiger partial charge is 0.341 e. The van der Waals surface area contributed by atoms with Gasteiger partial charge in [-0.1, -0.05) is 41.9 Å². The summed E-state index contributed by atoms with van der Waals surface area (Å²) in [6, 6.07) is 23.8. The first kappa shape index (κ1) is 25.2. The van der Waals surface area contributed by atoms with Crippen molar-refractivity contribution >= 4 is 66.7 Å². The number of hydrogen-bond acceptors (Lipinski definition) is 6. The van der Waals surface area contributed by atoms with Crippen LogP contribution in [0.15, 0.2) is 94.9 Å². The molecule has 0 saturated carbocycles. The predicted molar refractivity (Wildman–Crippen MR) is 152 cm³/mol. The van der Waals surface area contributed by atoms with E-state index in [2.05, 4.69) is 38.9 Å². The Morgan fingerprint density at radius 3 is 2.53 bits per heavy atom. The van der Waals surface area contributed by atoms with Crippen LogP contribution in [0.2, 0.25) is 5.02 Å². The van der Waals surface area contributed by atoms with Gasteiger partial charge in [0.25, 0.3) is 15.7 Å². The number of nitrogens with one attached hydrogen (secondary N) is 2. The van der Waals surface area contributed by atoms with Crippen molar-refractivity contribution in [2.24, 2.45) is 5.10 Å². The molecule has 192 valence electrons. The summed E-state index contributed by atoms with van der Waals surface area (Å²) in [6.45, 7) is 2.94. The summed E-state index contributed by atoms with van der Waals surface area (Å²) in [5, 5.41) is 18.5. The molecule has 0 unspecified atom stereocenters. The Hall–Kier alpha value is -4.41. The van der Waals surface area contributed by atoms with Gasteiger partial charge in [-0.25, -0.2) is 8.42 Å². The normalized spacial score (nSPS) is 11.8. The Kier molecular flexibility index (Phi) is 6.75. The molecule has 1 heterocycles. The maximum absolute atomic E-state index is 12.8. The third-order valence-corrected chi connectivity index (χ3v) is 7.68. The fourth-order valence-electron chi connectivity index (χ4n) is 4.36. The molecular weight excluding hydrogens is 526 g/mol. The second-order valence-electron chi connectivity index (χ2n) is 8.46. The van der Waals surface area contributed by atoms with E-state index >= 15 is 0 Å². The SMILES string of the molecule is CCn1c2ccccc2c2cc(/C=N/Nc3ccc(S(=O)(=O)Nc4cccc(Cl)c4)cc3[N+](=O)[O-])ccc21. The van der Waals surface area contributed by atoms with E-state index in [1.165, 1.54) is 24.3 Å². The summed E-state index contributed by atoms with van der Waals surface area (Å²) >= 11 is 5.92. The third-order valence-electron chi connectivity index (χ3n) is 6.06. The molecule has 5 aromatic rings. The number of fused-ring (bicyclic) bond motifs is 3. The molecule has 5 rings (SSSR count). The molecule has 0 radical (unpaired) electrons. The molecule has 0 amide bonds. The van der Waals surface area contributed by atoms with Crippen LogP contribution in [0, 0.1) is 10.1 Å². The Morgan fingerprint density at radius 2 is 1.76 bits per heavy atom. The lowest BCUT2D eigenvalue weighted by molar-refractivity contribution is -0.384. The van der Waals surface area contributed by atoms with E-state index in [9.17, 15) is 18.5 Å². The molecule has 38 heavy (non-hydrogen) atoms. The molecule has 0 fully saturated rings. The zero-order chi connectivity index (χ0) is 26.9. The van der Waals surface area contributed by atoms with Gasteiger partial charge in [-0.05, 0) is 61.0 Å². The van der Waals surface area contributed by atoms with Gasteiger partial charge in [0.2, 0.25) is 0 Å². The van der Waals surface area contributed by atoms with E-state index in [0.717, 1.165) is 40.0 Å². The van der Waals surface area contributed by atoms with Crippen LogP contribution in [0.5, 0.6) is 0 Å². The van der Waals surface area contributed by atoms with Gasteiger partial charge in [0, 0.05) is 39.4 Å². The number of hydrazone groups is 1. The molecule has 2 N–H and O–H groups in total. The zero-order valence-electron chi connectivity index (χ0n) is 20.1. The topological polar surface area (TPSA) is 119 Å². The van der Waals surface area contributed by atoms with Crippen molar-refractivity contribution < 1.29 is 13.3 Å². The fraction of sp³-hybridized carbons (Fsp3) is 0.0741. The number of aromatic nitrogens is 1. The number of aryl methyl sites for hydroxylation is 1. The summed E-state index contributed by atoms with van der Waals surface area (Å²) in [6.07, 6.45) is 1.56. The monoisotopic (exact) mass is 547 g/mol. The number of para-hydroxylation sites is 1. The van der Waals surface area contributed by atoms with Crippen LogP contribution in [-0.4, -0.2) is 24.1 Å². The quantitative estimate of drug-likeness (QED) is 0.128. The van der Waals surface area contributed by atoms with Gasteiger partial charge in [0.15, 0.2) is 0 Å². The summed E-state index contributed by atoms with van der Waals surface area (Å²) in [5.74, 6) is 0. The van der Waals surface area contributed by atoms with Crippen molar-refractivity contribution in [3.05, 3.63) is 106 Å². The highest BCUT2D eigenvalue weighted by Crippen LogP contribution is 2.31. The number of benzene rings is 4. The zero-order valence-corrected chi connectivity index (χ0v) is 21.7. The van der Waals surface area contributed by atoms with Gasteiger partial charge in [0.05, 0.1) is 21.7 Å². The number of nitrogens with zero attached hydrogens (tertiary/aromatic N) is 3. The smallest absolute Gasteiger partial charge is 0.295 e. The summed E-state index contributed by atoms with van der Waals surface area (Å²) in [4.78, 5) is 10.8. The number of nitro benzene ring substituents is 1. The maximum Gasteiger partial charge on any atom is 0.295 e. The van der Waals surface area contributed by atoms with Gasteiger partial charge in [-0.2, -0.15) is 5.10 Å². The lowest BCUT2D eigenvalue weighted by Gasteiger charge is -2.09. The first-order valence-electron chi connectivity index (χ1n) is 11.6. The number of hydrogen-bond donors (Lipinski definition) is 2. The third kappa shape index (κ3) is 4.91. The number of sulfonamides is 1. The second kappa shape index (κ2) is 10.2. The summed E-state index contributed by atoms with van der Waals surface area (Å²) in [7, 11) is -4.09. The molecule has 11 heteroatoms. The molecule has 0 aliphatic heterocycles. The van der Waals surface area contributed by atoms with E-state index in [1.807, 2.05) is 30.3 Å². The first-order chi connectivity index (χ1) is 18.3.